The van der Waals surface area contributed by atoms with Crippen molar-refractivity contribution in [3.05, 3.63) is 48.5 Å². The molecule has 2 aromatic carbocycles. The molecule has 0 aliphatic heterocycles. The van der Waals surface area contributed by atoms with E-state index in [1.165, 1.54) is 10.8 Å². The van der Waals surface area contributed by atoms with E-state index in [9.17, 15) is 4.79 Å². The minimum absolute atomic E-state index is 0.257. The fraction of sp³-hybridized carbons (Fsp3) is 0.133. The Morgan fingerprint density at radius 3 is 2.15 bits per heavy atom. The van der Waals surface area contributed by atoms with Crippen LogP contribution < -0.4 is 11.4 Å². The van der Waals surface area contributed by atoms with Crippen LogP contribution in [-0.4, -0.2) is 10.5 Å². The molecule has 1 aromatic heterocycles. The van der Waals surface area contributed by atoms with Crippen molar-refractivity contribution in [1.82, 2.24) is 10.2 Å². The number of fused-ring (bicyclic) bond motifs is 3. The second-order valence-electron chi connectivity index (χ2n) is 4.53. The van der Waals surface area contributed by atoms with Crippen LogP contribution in [0.1, 0.15) is 6.42 Å². The van der Waals surface area contributed by atoms with Gasteiger partial charge in [-0.05, 0) is 12.1 Å². The Labute approximate surface area is 115 Å². The molecule has 3 aromatic rings. The summed E-state index contributed by atoms with van der Waals surface area (Å²) in [6.45, 7) is 0.550. The van der Waals surface area contributed by atoms with Crippen LogP contribution >= 0.6 is 0 Å². The molecule has 5 heteroatoms. The number of aryl methyl sites for hydroxylation is 1. The van der Waals surface area contributed by atoms with E-state index in [2.05, 4.69) is 33.7 Å². The molecule has 3 rings (SSSR count). The lowest BCUT2D eigenvalue weighted by Gasteiger charge is -2.06. The van der Waals surface area contributed by atoms with Gasteiger partial charge in [-0.1, -0.05) is 42.0 Å². The van der Waals surface area contributed by atoms with Crippen LogP contribution in [-0.2, 0) is 16.2 Å². The lowest BCUT2D eigenvalue weighted by atomic mass is 10.2. The summed E-state index contributed by atoms with van der Waals surface area (Å²) in [5.74, 6) is 4.58. The average Bonchev–Trinajstić information content (AvgIpc) is 2.80. The van der Waals surface area contributed by atoms with Crippen molar-refractivity contribution >= 4 is 27.8 Å². The molecule has 0 aliphatic rings. The number of hydrogen-bond acceptors (Lipinski definition) is 4. The minimum Gasteiger partial charge on any atom is -0.356 e. The molecule has 0 saturated carbocycles. The largest absolute Gasteiger partial charge is 0.356 e. The second kappa shape index (κ2) is 5.32. The van der Waals surface area contributed by atoms with Gasteiger partial charge in [0.25, 0.3) is 0 Å². The van der Waals surface area contributed by atoms with E-state index in [0.29, 0.717) is 6.54 Å². The summed E-state index contributed by atoms with van der Waals surface area (Å²) in [6.07, 6.45) is 0.257. The van der Waals surface area contributed by atoms with E-state index < -0.39 is 0 Å². The van der Waals surface area contributed by atoms with Crippen LogP contribution in [0, 0.1) is 0 Å². The summed E-state index contributed by atoms with van der Waals surface area (Å²) < 4.78 is 2.13. The molecular formula is C15H15N3O2. The topological polar surface area (TPSA) is 69.3 Å². The lowest BCUT2D eigenvalue weighted by molar-refractivity contribution is -0.151. The first-order valence-corrected chi connectivity index (χ1v) is 6.42. The zero-order valence-electron chi connectivity index (χ0n) is 10.9. The maximum absolute atomic E-state index is 11.4. The van der Waals surface area contributed by atoms with Crippen molar-refractivity contribution in [2.75, 3.05) is 0 Å². The normalized spacial score (nSPS) is 11.1. The average molecular weight is 269 g/mol. The van der Waals surface area contributed by atoms with Crippen molar-refractivity contribution in [2.45, 2.75) is 13.0 Å². The maximum atomic E-state index is 11.4. The third-order valence-corrected chi connectivity index (χ3v) is 3.39. The van der Waals surface area contributed by atoms with Gasteiger partial charge in [0.2, 0.25) is 0 Å². The number of nitrogens with zero attached hydrogens (tertiary/aromatic N) is 1. The predicted octanol–water partition coefficient (Wildman–Crippen LogP) is 2.11. The highest BCUT2D eigenvalue weighted by atomic mass is 16.7. The SMILES string of the molecule is NNOC(=O)CCn1c2ccccc2c2ccccc21. The van der Waals surface area contributed by atoms with E-state index in [1.807, 2.05) is 29.9 Å². The van der Waals surface area contributed by atoms with Crippen LogP contribution in [0.3, 0.4) is 0 Å². The first-order valence-electron chi connectivity index (χ1n) is 6.42. The van der Waals surface area contributed by atoms with Gasteiger partial charge in [-0.25, -0.2) is 5.84 Å². The number of para-hydroxylation sites is 2. The maximum Gasteiger partial charge on any atom is 0.328 e. The highest BCUT2D eigenvalue weighted by Crippen LogP contribution is 2.28. The number of aromatic nitrogens is 1. The Morgan fingerprint density at radius 2 is 1.60 bits per heavy atom. The molecule has 0 spiro atoms. The fourth-order valence-electron chi connectivity index (χ4n) is 2.56. The van der Waals surface area contributed by atoms with Crippen LogP contribution in [0.15, 0.2) is 48.5 Å². The van der Waals surface area contributed by atoms with Gasteiger partial charge >= 0.3 is 5.97 Å². The Balaban J connectivity index is 2.05. The molecule has 3 N–H and O–H groups in total. The predicted molar refractivity (Wildman–Crippen MR) is 77.5 cm³/mol. The first kappa shape index (κ1) is 12.7. The van der Waals surface area contributed by atoms with Crippen LogP contribution in [0.25, 0.3) is 21.8 Å². The Hall–Kier alpha value is -2.37. The van der Waals surface area contributed by atoms with Crippen LogP contribution in [0.5, 0.6) is 0 Å². The van der Waals surface area contributed by atoms with Crippen molar-refractivity contribution in [3.63, 3.8) is 0 Å². The Bertz CT molecular complexity index is 711. The van der Waals surface area contributed by atoms with Crippen molar-refractivity contribution < 1.29 is 9.63 Å². The van der Waals surface area contributed by atoms with Gasteiger partial charge in [-0.2, -0.15) is 0 Å². The third kappa shape index (κ3) is 2.13. The van der Waals surface area contributed by atoms with Gasteiger partial charge in [0.1, 0.15) is 0 Å². The number of benzene rings is 2. The zero-order valence-corrected chi connectivity index (χ0v) is 10.9. The van der Waals surface area contributed by atoms with Gasteiger partial charge < -0.3 is 9.40 Å². The number of carbonyl (C=O) groups excluding carboxylic acids is 1. The molecule has 5 nitrogen and oxygen atoms in total. The summed E-state index contributed by atoms with van der Waals surface area (Å²) >= 11 is 0. The van der Waals surface area contributed by atoms with Crippen LogP contribution in [0.4, 0.5) is 0 Å². The van der Waals surface area contributed by atoms with Crippen molar-refractivity contribution in [2.24, 2.45) is 5.84 Å². The third-order valence-electron chi connectivity index (χ3n) is 3.39. The fourth-order valence-corrected chi connectivity index (χ4v) is 2.56. The van der Waals surface area contributed by atoms with E-state index in [4.69, 9.17) is 5.84 Å². The number of nitrogens with one attached hydrogen (secondary N) is 1. The summed E-state index contributed by atoms with van der Waals surface area (Å²) in [5.41, 5.74) is 4.14. The first-order chi connectivity index (χ1) is 9.81. The van der Waals surface area contributed by atoms with Gasteiger partial charge in [-0.3, -0.25) is 4.79 Å². The van der Waals surface area contributed by atoms with Crippen molar-refractivity contribution in [3.8, 4) is 0 Å². The van der Waals surface area contributed by atoms with Gasteiger partial charge in [0.15, 0.2) is 0 Å². The molecule has 0 atom stereocenters. The zero-order chi connectivity index (χ0) is 13.9. The molecule has 0 aliphatic carbocycles. The quantitative estimate of drug-likeness (QED) is 0.562. The molecule has 0 fully saturated rings. The monoisotopic (exact) mass is 269 g/mol. The minimum atomic E-state index is -0.380. The number of hydrazine groups is 1. The molecule has 0 saturated heterocycles. The lowest BCUT2D eigenvalue weighted by Crippen LogP contribution is -2.26. The standard InChI is InChI=1S/C15H15N3O2/c16-17-20-15(19)9-10-18-13-7-3-1-5-11(13)12-6-2-4-8-14(12)18/h1-8,17H,9-10,16H2. The number of hydrogen-bond donors (Lipinski definition) is 2. The number of rotatable bonds is 4. The highest BCUT2D eigenvalue weighted by Gasteiger charge is 2.11. The van der Waals surface area contributed by atoms with Gasteiger partial charge in [0, 0.05) is 28.4 Å². The smallest absolute Gasteiger partial charge is 0.328 e. The van der Waals surface area contributed by atoms with Gasteiger partial charge in [-0.15, -0.1) is 0 Å². The molecule has 0 unspecified atom stereocenters. The highest BCUT2D eigenvalue weighted by molar-refractivity contribution is 6.07. The Kier molecular flexibility index (Phi) is 3.37. The van der Waals surface area contributed by atoms with Crippen LogP contribution in [0.2, 0.25) is 0 Å². The van der Waals surface area contributed by atoms with E-state index in [0.717, 1.165) is 11.0 Å². The molecule has 0 bridgehead atoms. The molecule has 102 valence electrons. The summed E-state index contributed by atoms with van der Waals surface area (Å²) in [4.78, 5) is 16.0. The number of carbonyl (C=O) groups is 1. The molecule has 0 radical (unpaired) electrons. The second-order valence-corrected chi connectivity index (χ2v) is 4.53. The molecular weight excluding hydrogens is 254 g/mol. The van der Waals surface area contributed by atoms with E-state index in [1.54, 1.807) is 0 Å². The van der Waals surface area contributed by atoms with E-state index in [-0.39, 0.29) is 12.4 Å². The summed E-state index contributed by atoms with van der Waals surface area (Å²) in [6, 6.07) is 16.3. The Morgan fingerprint density at radius 1 is 1.05 bits per heavy atom. The van der Waals surface area contributed by atoms with Crippen molar-refractivity contribution in [1.29, 1.82) is 0 Å². The summed E-state index contributed by atoms with van der Waals surface area (Å²) in [7, 11) is 0. The van der Waals surface area contributed by atoms with E-state index >= 15 is 0 Å². The summed E-state index contributed by atoms with van der Waals surface area (Å²) in [5, 5.41) is 2.38. The number of nitrogens with two attached hydrogens (primary N) is 1. The molecule has 20 heavy (non-hydrogen) atoms. The molecule has 0 amide bonds. The molecule has 1 heterocycles. The van der Waals surface area contributed by atoms with Gasteiger partial charge in [0.05, 0.1) is 6.42 Å².